The maximum atomic E-state index is 12.9. The van der Waals surface area contributed by atoms with E-state index in [0.717, 1.165) is 125 Å². The molecule has 0 atom stereocenters. The lowest BCUT2D eigenvalue weighted by molar-refractivity contribution is 1.14. The Hall–Kier alpha value is -11.1. The van der Waals surface area contributed by atoms with Gasteiger partial charge in [0, 0.05) is 63.6 Å². The van der Waals surface area contributed by atoms with E-state index in [4.69, 9.17) is 4.85 Å². The number of hydrogen-bond donors (Lipinski definition) is 0. The van der Waals surface area contributed by atoms with Gasteiger partial charge in [-0.3, -0.25) is 0 Å². The monoisotopic (exact) mass is 1130 g/mol. The molecule has 4 nitrogen and oxygen atoms in total. The van der Waals surface area contributed by atoms with Crippen molar-refractivity contribution in [2.24, 2.45) is 0 Å². The van der Waals surface area contributed by atoms with Gasteiger partial charge in [0.25, 0.3) is 0 Å². The van der Waals surface area contributed by atoms with Gasteiger partial charge in [-0.15, -0.1) is 22.7 Å². The summed E-state index contributed by atoms with van der Waals surface area (Å²) in [6, 6.07) is 103. The molecule has 0 saturated carbocycles. The van der Waals surface area contributed by atoms with E-state index in [9.17, 15) is 11.8 Å². The van der Waals surface area contributed by atoms with Crippen LogP contribution in [0.25, 0.3) is 167 Å². The van der Waals surface area contributed by atoms with Gasteiger partial charge in [-0.1, -0.05) is 224 Å². The molecule has 86 heavy (non-hydrogen) atoms. The quantitative estimate of drug-likeness (QED) is 0.140. The van der Waals surface area contributed by atoms with Crippen LogP contribution in [0.15, 0.2) is 279 Å². The Morgan fingerprint density at radius 2 is 0.721 bits per heavy atom. The first-order valence-electron chi connectivity index (χ1n) is 28.8. The summed E-state index contributed by atoms with van der Waals surface area (Å²) in [5.74, 6) is 0. The smallest absolute Gasteiger partial charge is 0.220 e. The summed E-state index contributed by atoms with van der Waals surface area (Å²) in [5, 5.41) is 21.8. The van der Waals surface area contributed by atoms with E-state index >= 15 is 0 Å². The number of para-hydroxylation sites is 2. The first-order valence-corrected chi connectivity index (χ1v) is 30.5. The average molecular weight is 1130 g/mol. The van der Waals surface area contributed by atoms with Gasteiger partial charge < -0.3 is 9.13 Å². The normalized spacial score (nSPS) is 11.7. The summed E-state index contributed by atoms with van der Waals surface area (Å²) in [6.45, 7) is 9.77. The Bertz CT molecular complexity index is 5420. The van der Waals surface area contributed by atoms with Crippen molar-refractivity contribution in [3.8, 4) is 84.2 Å². The number of hydrogen-bond acceptors (Lipinski definition) is 3. The van der Waals surface area contributed by atoms with Gasteiger partial charge in [-0.25, -0.2) is 4.85 Å². The zero-order valence-corrected chi connectivity index (χ0v) is 47.8. The number of aromatic nitrogens is 2. The van der Waals surface area contributed by atoms with Crippen LogP contribution in [0.2, 0.25) is 0 Å². The summed E-state index contributed by atoms with van der Waals surface area (Å²) < 4.78 is 9.43. The number of rotatable bonds is 8. The highest BCUT2D eigenvalue weighted by Gasteiger charge is 2.35. The fraction of sp³-hybridized carbons (Fsp3) is 0. The van der Waals surface area contributed by atoms with E-state index in [0.29, 0.717) is 28.2 Å². The molecule has 17 aromatic rings. The SMILES string of the molecule is [C-]#[N+]c1c(-c2ccccc2)c(C#N)c(-n2c3c4sc5ccccc5c4cc(-c4ccccc4)c3c3c(-c4ccccc4)cc4c5ccccc5sc4c32)c(-c2cc(-c3ccccc3)cc(-c3ccccc3)c2)c1-n1c2ccccc2c2ccccc21. The fourth-order valence-electron chi connectivity index (χ4n) is 13.7. The highest BCUT2D eigenvalue weighted by Crippen LogP contribution is 2.58. The fourth-order valence-corrected chi connectivity index (χ4v) is 16.1. The molecule has 0 spiro atoms. The second kappa shape index (κ2) is 19.8. The van der Waals surface area contributed by atoms with Crippen molar-refractivity contribution in [3.05, 3.63) is 296 Å². The second-order valence-electron chi connectivity index (χ2n) is 22.0. The van der Waals surface area contributed by atoms with Crippen molar-refractivity contribution in [1.29, 1.82) is 5.26 Å². The molecule has 0 N–H and O–H groups in total. The maximum Gasteiger partial charge on any atom is 0.220 e. The molecule has 13 aromatic carbocycles. The van der Waals surface area contributed by atoms with E-state index in [-0.39, 0.29) is 0 Å². The van der Waals surface area contributed by atoms with Crippen LogP contribution in [-0.2, 0) is 0 Å². The van der Waals surface area contributed by atoms with E-state index < -0.39 is 0 Å². The van der Waals surface area contributed by atoms with Crippen LogP contribution in [0.5, 0.6) is 0 Å². The minimum atomic E-state index is 0.388. The Morgan fingerprint density at radius 1 is 0.337 bits per heavy atom. The molecule has 17 rings (SSSR count). The van der Waals surface area contributed by atoms with E-state index in [2.05, 4.69) is 276 Å². The number of fused-ring (bicyclic) bond motifs is 14. The Balaban J connectivity index is 1.23. The number of benzene rings is 13. The van der Waals surface area contributed by atoms with Gasteiger partial charge in [-0.05, 0) is 110 Å². The highest BCUT2D eigenvalue weighted by atomic mass is 32.1. The molecule has 0 unspecified atom stereocenters. The summed E-state index contributed by atoms with van der Waals surface area (Å²) in [5.41, 5.74) is 17.6. The van der Waals surface area contributed by atoms with E-state index in [1.165, 1.54) is 20.2 Å². The van der Waals surface area contributed by atoms with Crippen molar-refractivity contribution in [3.63, 3.8) is 0 Å². The molecule has 4 heterocycles. The molecule has 0 fully saturated rings. The van der Waals surface area contributed by atoms with Crippen LogP contribution >= 0.6 is 22.7 Å². The van der Waals surface area contributed by atoms with Crippen LogP contribution in [0.4, 0.5) is 5.69 Å². The molecule has 0 radical (unpaired) electrons. The predicted octanol–water partition coefficient (Wildman–Crippen LogP) is 23.0. The van der Waals surface area contributed by atoms with E-state index in [1.54, 1.807) is 22.7 Å². The van der Waals surface area contributed by atoms with Crippen LogP contribution < -0.4 is 0 Å². The average Bonchev–Trinajstić information content (AvgIpc) is 1.52. The van der Waals surface area contributed by atoms with Gasteiger partial charge in [0.05, 0.1) is 55.0 Å². The lowest BCUT2D eigenvalue weighted by Gasteiger charge is -2.26. The van der Waals surface area contributed by atoms with Crippen LogP contribution in [0.1, 0.15) is 5.56 Å². The molecule has 398 valence electrons. The number of nitriles is 1. The molecule has 0 aliphatic rings. The van der Waals surface area contributed by atoms with Crippen molar-refractivity contribution < 1.29 is 0 Å². The van der Waals surface area contributed by atoms with E-state index in [1.807, 2.05) is 18.2 Å². The minimum Gasteiger partial charge on any atom is -0.318 e. The topological polar surface area (TPSA) is 38.0 Å². The van der Waals surface area contributed by atoms with Gasteiger partial charge in [0.1, 0.15) is 6.07 Å². The minimum absolute atomic E-state index is 0.388. The lowest BCUT2D eigenvalue weighted by Crippen LogP contribution is -2.09. The summed E-state index contributed by atoms with van der Waals surface area (Å²) >= 11 is 3.61. The molecular formula is C80H46N4S2. The van der Waals surface area contributed by atoms with Crippen molar-refractivity contribution in [2.75, 3.05) is 0 Å². The molecule has 0 bridgehead atoms. The molecule has 0 amide bonds. The highest BCUT2D eigenvalue weighted by molar-refractivity contribution is 7.27. The molecule has 6 heteroatoms. The van der Waals surface area contributed by atoms with Crippen molar-refractivity contribution in [1.82, 2.24) is 9.13 Å². The summed E-state index contributed by atoms with van der Waals surface area (Å²) in [4.78, 5) is 4.76. The zero-order chi connectivity index (χ0) is 57.0. The van der Waals surface area contributed by atoms with Gasteiger partial charge >= 0.3 is 0 Å². The largest absolute Gasteiger partial charge is 0.318 e. The number of nitrogens with zero attached hydrogens (tertiary/aromatic N) is 4. The molecular weight excluding hydrogens is 1080 g/mol. The van der Waals surface area contributed by atoms with Gasteiger partial charge in [-0.2, -0.15) is 5.26 Å². The first kappa shape index (κ1) is 49.5. The second-order valence-corrected chi connectivity index (χ2v) is 24.1. The van der Waals surface area contributed by atoms with Gasteiger partial charge in [0.2, 0.25) is 5.69 Å². The Kier molecular flexibility index (Phi) is 11.4. The number of thiophene rings is 2. The standard InChI is InChI=1S/C80H46N4S2/c1-82-74-70(53-33-15-6-16-34-53)65(48-81)75(71(76(74)83-66-39-21-17-35-57(66)58-36-18-22-40-67(58)83)56-44-54(49-25-7-2-8-26-49)43-55(45-56)50-27-9-3-10-28-50)84-77-72(61(51-29-11-4-12-30-51)46-63-59-37-19-23-41-68(59)85-79(63)77)73-62(52-31-13-5-14-32-52)47-64-60-38-20-24-42-69(60)86-80(64)78(73)84/h2-47H. The molecule has 0 aliphatic carbocycles. The Labute approximate surface area is 503 Å². The predicted molar refractivity (Wildman–Crippen MR) is 364 cm³/mol. The maximum absolute atomic E-state index is 12.9. The lowest BCUT2D eigenvalue weighted by atomic mass is 9.86. The zero-order valence-electron chi connectivity index (χ0n) is 46.2. The summed E-state index contributed by atoms with van der Waals surface area (Å²) in [7, 11) is 0. The van der Waals surface area contributed by atoms with Crippen molar-refractivity contribution >= 4 is 112 Å². The molecule has 0 aliphatic heterocycles. The van der Waals surface area contributed by atoms with Crippen LogP contribution in [-0.4, -0.2) is 9.13 Å². The van der Waals surface area contributed by atoms with Gasteiger partial charge in [0.15, 0.2) is 0 Å². The molecule has 4 aromatic heterocycles. The molecule has 0 saturated heterocycles. The van der Waals surface area contributed by atoms with Crippen molar-refractivity contribution in [2.45, 2.75) is 0 Å². The third-order valence-electron chi connectivity index (χ3n) is 17.3. The first-order chi connectivity index (χ1) is 42.6. The van der Waals surface area contributed by atoms with Crippen LogP contribution in [0, 0.1) is 17.9 Å². The van der Waals surface area contributed by atoms with Crippen LogP contribution in [0.3, 0.4) is 0 Å². The summed E-state index contributed by atoms with van der Waals surface area (Å²) in [6.07, 6.45) is 0. The third kappa shape index (κ3) is 7.45. The Morgan fingerprint density at radius 3 is 1.16 bits per heavy atom. The third-order valence-corrected chi connectivity index (χ3v) is 19.7.